The van der Waals surface area contributed by atoms with E-state index in [1.165, 1.54) is 40.4 Å². The second-order valence-corrected chi connectivity index (χ2v) is 6.35. The first-order valence-electron chi connectivity index (χ1n) is 8.38. The third kappa shape index (κ3) is 4.86. The third-order valence-electron chi connectivity index (χ3n) is 4.01. The zero-order valence-electron chi connectivity index (χ0n) is 16.3. The molecule has 8 heteroatoms. The molecule has 2 aromatic rings. The Labute approximate surface area is 168 Å². The van der Waals surface area contributed by atoms with Crippen LogP contribution >= 0.6 is 11.6 Å². The number of hydrogen-bond donors (Lipinski definition) is 1. The van der Waals surface area contributed by atoms with Gasteiger partial charge in [0.1, 0.15) is 0 Å². The highest BCUT2D eigenvalue weighted by Crippen LogP contribution is 2.38. The van der Waals surface area contributed by atoms with Gasteiger partial charge in [0, 0.05) is 10.7 Å². The molecule has 1 atom stereocenters. The van der Waals surface area contributed by atoms with E-state index < -0.39 is 18.0 Å². The van der Waals surface area contributed by atoms with Crippen molar-refractivity contribution < 1.29 is 28.5 Å². The first kappa shape index (κ1) is 21.4. The molecular formula is C20H22ClNO6. The molecule has 0 aliphatic carbocycles. The van der Waals surface area contributed by atoms with Gasteiger partial charge in [0.05, 0.1) is 26.9 Å². The van der Waals surface area contributed by atoms with E-state index in [9.17, 15) is 9.59 Å². The summed E-state index contributed by atoms with van der Waals surface area (Å²) in [5.41, 5.74) is 1.54. The van der Waals surface area contributed by atoms with Gasteiger partial charge in [-0.1, -0.05) is 17.7 Å². The number of benzene rings is 2. The van der Waals surface area contributed by atoms with Crippen LogP contribution in [0.5, 0.6) is 17.2 Å². The molecule has 0 radical (unpaired) electrons. The summed E-state index contributed by atoms with van der Waals surface area (Å²) in [6.45, 7) is 3.31. The lowest BCUT2D eigenvalue weighted by atomic mass is 10.1. The monoisotopic (exact) mass is 407 g/mol. The van der Waals surface area contributed by atoms with E-state index in [1.54, 1.807) is 18.2 Å². The van der Waals surface area contributed by atoms with Gasteiger partial charge in [-0.25, -0.2) is 4.79 Å². The minimum absolute atomic E-state index is 0.160. The van der Waals surface area contributed by atoms with E-state index in [1.807, 2.05) is 6.92 Å². The molecule has 2 rings (SSSR count). The number of hydrogen-bond acceptors (Lipinski definition) is 6. The number of nitrogens with one attached hydrogen (secondary N) is 1. The number of anilines is 1. The van der Waals surface area contributed by atoms with Gasteiger partial charge in [-0.15, -0.1) is 0 Å². The quantitative estimate of drug-likeness (QED) is 0.702. The summed E-state index contributed by atoms with van der Waals surface area (Å²) < 4.78 is 20.9. The summed E-state index contributed by atoms with van der Waals surface area (Å²) >= 11 is 5.96. The van der Waals surface area contributed by atoms with Crippen molar-refractivity contribution >= 4 is 29.2 Å². The van der Waals surface area contributed by atoms with Crippen LogP contribution in [0.3, 0.4) is 0 Å². The Bertz CT molecular complexity index is 858. The van der Waals surface area contributed by atoms with Gasteiger partial charge < -0.3 is 24.3 Å². The molecule has 7 nitrogen and oxygen atoms in total. The molecule has 1 amide bonds. The summed E-state index contributed by atoms with van der Waals surface area (Å²) in [7, 11) is 4.34. The minimum atomic E-state index is -1.04. The molecule has 0 aliphatic heterocycles. The zero-order valence-corrected chi connectivity index (χ0v) is 17.0. The van der Waals surface area contributed by atoms with Crippen molar-refractivity contribution in [2.45, 2.75) is 20.0 Å². The standard InChI is InChI=1S/C20H22ClNO6/c1-11-6-7-14(21)10-15(11)22-19(23)12(2)28-20(24)13-8-16(25-3)18(27-5)17(9-13)26-4/h6-10,12H,1-5H3,(H,22,23). The number of rotatable bonds is 7. The predicted octanol–water partition coefficient (Wildman–Crippen LogP) is 3.86. The maximum absolute atomic E-state index is 12.5. The highest BCUT2D eigenvalue weighted by molar-refractivity contribution is 6.31. The number of amides is 1. The number of ether oxygens (including phenoxy) is 4. The fourth-order valence-corrected chi connectivity index (χ4v) is 2.62. The largest absolute Gasteiger partial charge is 0.493 e. The number of carbonyl (C=O) groups excluding carboxylic acids is 2. The fourth-order valence-electron chi connectivity index (χ4n) is 2.44. The van der Waals surface area contributed by atoms with Gasteiger partial charge in [0.15, 0.2) is 17.6 Å². The first-order chi connectivity index (χ1) is 13.3. The van der Waals surface area contributed by atoms with Crippen LogP contribution in [0.4, 0.5) is 5.69 Å². The highest BCUT2D eigenvalue weighted by atomic mass is 35.5. The second kappa shape index (κ2) is 9.32. The Morgan fingerprint density at radius 1 is 1.00 bits per heavy atom. The van der Waals surface area contributed by atoms with E-state index in [-0.39, 0.29) is 5.56 Å². The van der Waals surface area contributed by atoms with Gasteiger partial charge in [-0.2, -0.15) is 0 Å². The number of esters is 1. The Morgan fingerprint density at radius 2 is 1.61 bits per heavy atom. The summed E-state index contributed by atoms with van der Waals surface area (Å²) in [6.07, 6.45) is -1.04. The maximum atomic E-state index is 12.5. The lowest BCUT2D eigenvalue weighted by Crippen LogP contribution is -2.30. The van der Waals surface area contributed by atoms with E-state index in [0.29, 0.717) is 28.0 Å². The van der Waals surface area contributed by atoms with Gasteiger partial charge in [-0.3, -0.25) is 4.79 Å². The Kier molecular flexibility index (Phi) is 7.12. The number of carbonyl (C=O) groups is 2. The van der Waals surface area contributed by atoms with Crippen LogP contribution in [0, 0.1) is 6.92 Å². The number of aryl methyl sites for hydroxylation is 1. The van der Waals surface area contributed by atoms with Crippen molar-refractivity contribution in [3.05, 3.63) is 46.5 Å². The average molecular weight is 408 g/mol. The summed E-state index contributed by atoms with van der Waals surface area (Å²) in [4.78, 5) is 24.9. The van der Waals surface area contributed by atoms with Crippen molar-refractivity contribution in [1.82, 2.24) is 0 Å². The topological polar surface area (TPSA) is 83.1 Å². The van der Waals surface area contributed by atoms with Gasteiger partial charge in [0.2, 0.25) is 5.75 Å². The smallest absolute Gasteiger partial charge is 0.339 e. The second-order valence-electron chi connectivity index (χ2n) is 5.91. The fraction of sp³-hybridized carbons (Fsp3) is 0.300. The summed E-state index contributed by atoms with van der Waals surface area (Å²) in [6, 6.07) is 8.04. The average Bonchev–Trinajstić information content (AvgIpc) is 2.69. The molecule has 0 heterocycles. The zero-order chi connectivity index (χ0) is 20.8. The minimum Gasteiger partial charge on any atom is -0.493 e. The SMILES string of the molecule is COc1cc(C(=O)OC(C)C(=O)Nc2cc(Cl)ccc2C)cc(OC)c1OC. The van der Waals surface area contributed by atoms with Gasteiger partial charge in [-0.05, 0) is 43.7 Å². The Balaban J connectivity index is 2.15. The van der Waals surface area contributed by atoms with Crippen LogP contribution in [0.2, 0.25) is 5.02 Å². The molecule has 150 valence electrons. The van der Waals surface area contributed by atoms with Crippen LogP contribution in [0.15, 0.2) is 30.3 Å². The molecule has 28 heavy (non-hydrogen) atoms. The third-order valence-corrected chi connectivity index (χ3v) is 4.25. The highest BCUT2D eigenvalue weighted by Gasteiger charge is 2.22. The lowest BCUT2D eigenvalue weighted by Gasteiger charge is -2.16. The molecule has 0 fully saturated rings. The normalized spacial score (nSPS) is 11.4. The van der Waals surface area contributed by atoms with Crippen molar-refractivity contribution in [2.24, 2.45) is 0 Å². The van der Waals surface area contributed by atoms with Crippen molar-refractivity contribution in [3.8, 4) is 17.2 Å². The lowest BCUT2D eigenvalue weighted by molar-refractivity contribution is -0.123. The number of methoxy groups -OCH3 is 3. The Morgan fingerprint density at radius 3 is 2.14 bits per heavy atom. The summed E-state index contributed by atoms with van der Waals surface area (Å²) in [5, 5.41) is 3.19. The predicted molar refractivity (Wildman–Crippen MR) is 106 cm³/mol. The van der Waals surface area contributed by atoms with E-state index >= 15 is 0 Å². The molecule has 1 unspecified atom stereocenters. The molecular weight excluding hydrogens is 386 g/mol. The van der Waals surface area contributed by atoms with E-state index in [2.05, 4.69) is 5.32 Å². The van der Waals surface area contributed by atoms with E-state index in [0.717, 1.165) is 5.56 Å². The molecule has 0 aromatic heterocycles. The molecule has 2 aromatic carbocycles. The van der Waals surface area contributed by atoms with Gasteiger partial charge >= 0.3 is 5.97 Å². The molecule has 0 aliphatic rings. The van der Waals surface area contributed by atoms with Crippen molar-refractivity contribution in [2.75, 3.05) is 26.6 Å². The number of halogens is 1. The molecule has 0 saturated heterocycles. The van der Waals surface area contributed by atoms with Crippen LogP contribution in [0.25, 0.3) is 0 Å². The summed E-state index contributed by atoms with van der Waals surface area (Å²) in [5.74, 6) is -0.222. The van der Waals surface area contributed by atoms with Gasteiger partial charge in [0.25, 0.3) is 5.91 Å². The Hall–Kier alpha value is -2.93. The van der Waals surface area contributed by atoms with Crippen LogP contribution in [0.1, 0.15) is 22.8 Å². The molecule has 1 N–H and O–H groups in total. The van der Waals surface area contributed by atoms with Crippen molar-refractivity contribution in [1.29, 1.82) is 0 Å². The van der Waals surface area contributed by atoms with E-state index in [4.69, 9.17) is 30.5 Å². The molecule has 0 spiro atoms. The first-order valence-corrected chi connectivity index (χ1v) is 8.76. The van der Waals surface area contributed by atoms with Crippen LogP contribution in [-0.2, 0) is 9.53 Å². The molecule has 0 saturated carbocycles. The van der Waals surface area contributed by atoms with Crippen LogP contribution in [-0.4, -0.2) is 39.3 Å². The van der Waals surface area contributed by atoms with Crippen LogP contribution < -0.4 is 19.5 Å². The maximum Gasteiger partial charge on any atom is 0.339 e. The van der Waals surface area contributed by atoms with Crippen molar-refractivity contribution in [3.63, 3.8) is 0 Å². The molecule has 0 bridgehead atoms.